The monoisotopic (exact) mass is 308 g/mol. The van der Waals surface area contributed by atoms with Gasteiger partial charge in [-0.3, -0.25) is 4.90 Å². The van der Waals surface area contributed by atoms with Crippen LogP contribution in [-0.4, -0.2) is 23.0 Å². The van der Waals surface area contributed by atoms with Crippen LogP contribution in [0.2, 0.25) is 0 Å². The third-order valence-electron chi connectivity index (χ3n) is 4.87. The Morgan fingerprint density at radius 2 is 2.05 bits per heavy atom. The molecule has 1 heterocycles. The molecule has 0 saturated heterocycles. The number of nitrogens with two attached hydrogens (primary N) is 1. The standard InChI is InChI=1S/C18H32N2S/c1-3-4-5-6-7-11-18(2,15-19)20(17-8-9-17)13-16-10-12-21-14-16/h10,12,14,17H,3-9,11,13,15,19H2,1-2H3. The van der Waals surface area contributed by atoms with Crippen LogP contribution < -0.4 is 5.73 Å². The Hall–Kier alpha value is -0.380. The van der Waals surface area contributed by atoms with E-state index in [1.54, 1.807) is 11.3 Å². The number of nitrogens with zero attached hydrogens (tertiary/aromatic N) is 1. The van der Waals surface area contributed by atoms with Gasteiger partial charge in [0, 0.05) is 24.7 Å². The highest BCUT2D eigenvalue weighted by atomic mass is 32.1. The summed E-state index contributed by atoms with van der Waals surface area (Å²) >= 11 is 1.80. The molecule has 21 heavy (non-hydrogen) atoms. The van der Waals surface area contributed by atoms with Crippen LogP contribution in [-0.2, 0) is 6.54 Å². The molecule has 1 aromatic rings. The molecule has 2 rings (SSSR count). The summed E-state index contributed by atoms with van der Waals surface area (Å²) in [6.45, 7) is 6.52. The first kappa shape index (κ1) is 17.0. The molecule has 2 nitrogen and oxygen atoms in total. The van der Waals surface area contributed by atoms with E-state index in [1.165, 1.54) is 56.9 Å². The second-order valence-electron chi connectivity index (χ2n) is 6.86. The van der Waals surface area contributed by atoms with Crippen LogP contribution in [0.15, 0.2) is 16.8 Å². The normalized spacial score (nSPS) is 18.1. The smallest absolute Gasteiger partial charge is 0.0310 e. The number of hydrogen-bond donors (Lipinski definition) is 1. The van der Waals surface area contributed by atoms with Crippen molar-refractivity contribution in [1.29, 1.82) is 0 Å². The van der Waals surface area contributed by atoms with Crippen molar-refractivity contribution >= 4 is 11.3 Å². The lowest BCUT2D eigenvalue weighted by molar-refractivity contribution is 0.0810. The predicted octanol–water partition coefficient (Wildman–Crippen LogP) is 4.79. The molecule has 1 aliphatic carbocycles. The van der Waals surface area contributed by atoms with Crippen LogP contribution in [0.3, 0.4) is 0 Å². The van der Waals surface area contributed by atoms with Crippen LogP contribution in [0.4, 0.5) is 0 Å². The molecule has 0 amide bonds. The van der Waals surface area contributed by atoms with Crippen LogP contribution in [0, 0.1) is 0 Å². The molecular formula is C18H32N2S. The van der Waals surface area contributed by atoms with E-state index >= 15 is 0 Å². The average Bonchev–Trinajstić information content (AvgIpc) is 3.20. The third kappa shape index (κ3) is 5.08. The minimum atomic E-state index is 0.176. The fraction of sp³-hybridized carbons (Fsp3) is 0.778. The van der Waals surface area contributed by atoms with Gasteiger partial charge in [-0.05, 0) is 48.6 Å². The topological polar surface area (TPSA) is 29.3 Å². The van der Waals surface area contributed by atoms with Gasteiger partial charge in [-0.2, -0.15) is 11.3 Å². The van der Waals surface area contributed by atoms with Gasteiger partial charge in [0.2, 0.25) is 0 Å². The highest BCUT2D eigenvalue weighted by Gasteiger charge is 2.40. The summed E-state index contributed by atoms with van der Waals surface area (Å²) in [5.74, 6) is 0. The molecule has 2 N–H and O–H groups in total. The summed E-state index contributed by atoms with van der Waals surface area (Å²) in [6, 6.07) is 3.03. The second kappa shape index (κ2) is 8.30. The quantitative estimate of drug-likeness (QED) is 0.595. The van der Waals surface area contributed by atoms with Crippen LogP contribution in [0.25, 0.3) is 0 Å². The molecule has 0 aliphatic heterocycles. The van der Waals surface area contributed by atoms with E-state index in [0.29, 0.717) is 0 Å². The van der Waals surface area contributed by atoms with Gasteiger partial charge < -0.3 is 5.73 Å². The third-order valence-corrected chi connectivity index (χ3v) is 5.60. The Labute approximate surface area is 134 Å². The first-order valence-electron chi connectivity index (χ1n) is 8.67. The van der Waals surface area contributed by atoms with Crippen LogP contribution in [0.5, 0.6) is 0 Å². The maximum Gasteiger partial charge on any atom is 0.0310 e. The average molecular weight is 309 g/mol. The molecule has 1 saturated carbocycles. The van der Waals surface area contributed by atoms with E-state index < -0.39 is 0 Å². The summed E-state index contributed by atoms with van der Waals surface area (Å²) in [4.78, 5) is 2.70. The van der Waals surface area contributed by atoms with E-state index in [4.69, 9.17) is 5.73 Å². The first-order valence-corrected chi connectivity index (χ1v) is 9.62. The zero-order valence-electron chi connectivity index (χ0n) is 13.8. The minimum absolute atomic E-state index is 0.176. The lowest BCUT2D eigenvalue weighted by atomic mass is 9.91. The molecule has 0 bridgehead atoms. The van der Waals surface area contributed by atoms with Gasteiger partial charge in [-0.15, -0.1) is 0 Å². The number of unbranched alkanes of at least 4 members (excludes halogenated alkanes) is 4. The molecule has 0 spiro atoms. The summed E-state index contributed by atoms with van der Waals surface area (Å²) in [5, 5.41) is 4.47. The summed E-state index contributed by atoms with van der Waals surface area (Å²) < 4.78 is 0. The van der Waals surface area contributed by atoms with Gasteiger partial charge in [0.05, 0.1) is 0 Å². The number of rotatable bonds is 11. The predicted molar refractivity (Wildman–Crippen MR) is 93.7 cm³/mol. The molecule has 0 radical (unpaired) electrons. The fourth-order valence-electron chi connectivity index (χ4n) is 3.20. The van der Waals surface area contributed by atoms with Gasteiger partial charge in [-0.25, -0.2) is 0 Å². The fourth-order valence-corrected chi connectivity index (χ4v) is 3.86. The van der Waals surface area contributed by atoms with Gasteiger partial charge in [-0.1, -0.05) is 39.0 Å². The molecule has 120 valence electrons. The molecule has 1 atom stereocenters. The Balaban J connectivity index is 1.90. The Kier molecular flexibility index (Phi) is 6.72. The van der Waals surface area contributed by atoms with Crippen molar-refractivity contribution in [2.24, 2.45) is 5.73 Å². The summed E-state index contributed by atoms with van der Waals surface area (Å²) in [5.41, 5.74) is 7.84. The van der Waals surface area contributed by atoms with Gasteiger partial charge in [0.25, 0.3) is 0 Å². The lowest BCUT2D eigenvalue weighted by Gasteiger charge is -2.41. The van der Waals surface area contributed by atoms with Gasteiger partial charge in [0.1, 0.15) is 0 Å². The van der Waals surface area contributed by atoms with Crippen molar-refractivity contribution in [3.63, 3.8) is 0 Å². The number of thiophene rings is 1. The molecule has 1 fully saturated rings. The molecule has 1 aliphatic rings. The van der Waals surface area contributed by atoms with Crippen molar-refractivity contribution in [3.8, 4) is 0 Å². The number of hydrogen-bond acceptors (Lipinski definition) is 3. The summed E-state index contributed by atoms with van der Waals surface area (Å²) in [7, 11) is 0. The Morgan fingerprint density at radius 3 is 2.62 bits per heavy atom. The van der Waals surface area contributed by atoms with Crippen molar-refractivity contribution in [1.82, 2.24) is 4.90 Å². The van der Waals surface area contributed by atoms with E-state index in [-0.39, 0.29) is 5.54 Å². The first-order chi connectivity index (χ1) is 10.2. The molecule has 1 aromatic heterocycles. The summed E-state index contributed by atoms with van der Waals surface area (Å²) in [6.07, 6.45) is 10.7. The highest BCUT2D eigenvalue weighted by Crippen LogP contribution is 2.36. The molecule has 3 heteroatoms. The van der Waals surface area contributed by atoms with E-state index in [0.717, 1.165) is 19.1 Å². The molecular weight excluding hydrogens is 276 g/mol. The van der Waals surface area contributed by atoms with Crippen molar-refractivity contribution in [3.05, 3.63) is 22.4 Å². The van der Waals surface area contributed by atoms with E-state index in [2.05, 4.69) is 35.6 Å². The maximum atomic E-state index is 6.20. The highest BCUT2D eigenvalue weighted by molar-refractivity contribution is 7.07. The molecule has 0 aromatic carbocycles. The van der Waals surface area contributed by atoms with E-state index in [9.17, 15) is 0 Å². The zero-order chi connectivity index (χ0) is 15.1. The van der Waals surface area contributed by atoms with Crippen molar-refractivity contribution in [2.45, 2.75) is 83.3 Å². The van der Waals surface area contributed by atoms with Crippen molar-refractivity contribution < 1.29 is 0 Å². The Morgan fingerprint density at radius 1 is 1.29 bits per heavy atom. The Bertz CT molecular complexity index is 386. The van der Waals surface area contributed by atoms with Gasteiger partial charge >= 0.3 is 0 Å². The van der Waals surface area contributed by atoms with Crippen LogP contribution in [0.1, 0.15) is 70.8 Å². The maximum absolute atomic E-state index is 6.20. The van der Waals surface area contributed by atoms with Crippen molar-refractivity contribution in [2.75, 3.05) is 6.54 Å². The lowest BCUT2D eigenvalue weighted by Crippen LogP contribution is -2.52. The van der Waals surface area contributed by atoms with Gasteiger partial charge in [0.15, 0.2) is 0 Å². The largest absolute Gasteiger partial charge is 0.329 e. The SMILES string of the molecule is CCCCCCCC(C)(CN)N(Cc1ccsc1)C1CC1. The minimum Gasteiger partial charge on any atom is -0.329 e. The zero-order valence-corrected chi connectivity index (χ0v) is 14.6. The molecule has 1 unspecified atom stereocenters. The van der Waals surface area contributed by atoms with E-state index in [1.807, 2.05) is 0 Å². The van der Waals surface area contributed by atoms with Crippen LogP contribution >= 0.6 is 11.3 Å². The second-order valence-corrected chi connectivity index (χ2v) is 7.64.